The average Bonchev–Trinajstić information content (AvgIpc) is 2.58. The van der Waals surface area contributed by atoms with Crippen LogP contribution in [0.2, 0.25) is 0 Å². The molecule has 0 spiro atoms. The quantitative estimate of drug-likeness (QED) is 0.767. The van der Waals surface area contributed by atoms with Gasteiger partial charge in [-0.05, 0) is 29.2 Å². The molecule has 0 bridgehead atoms. The van der Waals surface area contributed by atoms with E-state index in [1.54, 1.807) is 0 Å². The second-order valence-corrected chi connectivity index (χ2v) is 5.95. The summed E-state index contributed by atoms with van der Waals surface area (Å²) in [6, 6.07) is 17.5. The van der Waals surface area contributed by atoms with Crippen LogP contribution >= 0.6 is 0 Å². The van der Waals surface area contributed by atoms with Crippen molar-refractivity contribution in [2.45, 2.75) is 32.6 Å². The van der Waals surface area contributed by atoms with Gasteiger partial charge in [0.2, 0.25) is 0 Å². The normalized spacial score (nSPS) is 13.3. The van der Waals surface area contributed by atoms with Gasteiger partial charge >= 0.3 is 5.97 Å². The molecule has 0 saturated heterocycles. The number of carboxylic acids is 1. The van der Waals surface area contributed by atoms with Crippen LogP contribution < -0.4 is 4.74 Å². The summed E-state index contributed by atoms with van der Waals surface area (Å²) in [6.45, 7) is 5.01. The molecule has 2 rings (SSSR count). The van der Waals surface area contributed by atoms with E-state index in [0.29, 0.717) is 12.5 Å². The summed E-state index contributed by atoms with van der Waals surface area (Å²) >= 11 is 0. The SMILES string of the molecule is CC[C@H](C)COc1ccc([C@@H](CC(=O)O)c2ccccc2)cc1. The van der Waals surface area contributed by atoms with Crippen molar-refractivity contribution in [2.75, 3.05) is 6.61 Å². The van der Waals surface area contributed by atoms with Crippen molar-refractivity contribution in [2.24, 2.45) is 5.92 Å². The second kappa shape index (κ2) is 8.37. The predicted octanol–water partition coefficient (Wildman–Crippen LogP) is 4.72. The van der Waals surface area contributed by atoms with Crippen LogP contribution in [-0.4, -0.2) is 17.7 Å². The number of aliphatic carboxylic acids is 1. The lowest BCUT2D eigenvalue weighted by molar-refractivity contribution is -0.137. The van der Waals surface area contributed by atoms with E-state index in [-0.39, 0.29) is 12.3 Å². The molecule has 1 N–H and O–H groups in total. The van der Waals surface area contributed by atoms with Crippen molar-refractivity contribution in [3.05, 3.63) is 65.7 Å². The van der Waals surface area contributed by atoms with E-state index < -0.39 is 5.97 Å². The third-order valence-electron chi connectivity index (χ3n) is 4.09. The van der Waals surface area contributed by atoms with Gasteiger partial charge in [0, 0.05) is 5.92 Å². The molecule has 0 saturated carbocycles. The molecule has 2 aromatic rings. The lowest BCUT2D eigenvalue weighted by Crippen LogP contribution is -2.09. The standard InChI is InChI=1S/C20H24O3/c1-3-15(2)14-23-18-11-9-17(10-12-18)19(13-20(21)22)16-7-5-4-6-8-16/h4-12,15,19H,3,13-14H2,1-2H3,(H,21,22)/t15-,19-/m0/s1. The van der Waals surface area contributed by atoms with Gasteiger partial charge in [-0.25, -0.2) is 0 Å². The first-order chi connectivity index (χ1) is 11.1. The number of carboxylic acid groups (broad SMARTS) is 1. The molecular formula is C20H24O3. The second-order valence-electron chi connectivity index (χ2n) is 5.95. The number of hydrogen-bond donors (Lipinski definition) is 1. The van der Waals surface area contributed by atoms with Gasteiger partial charge in [0.25, 0.3) is 0 Å². The molecule has 122 valence electrons. The van der Waals surface area contributed by atoms with Crippen LogP contribution in [0.3, 0.4) is 0 Å². The molecular weight excluding hydrogens is 288 g/mol. The highest BCUT2D eigenvalue weighted by Gasteiger charge is 2.17. The van der Waals surface area contributed by atoms with Gasteiger partial charge in [0.05, 0.1) is 13.0 Å². The van der Waals surface area contributed by atoms with Crippen molar-refractivity contribution in [1.29, 1.82) is 0 Å². The Morgan fingerprint density at radius 1 is 1.04 bits per heavy atom. The van der Waals surface area contributed by atoms with E-state index >= 15 is 0 Å². The first-order valence-electron chi connectivity index (χ1n) is 8.09. The number of carbonyl (C=O) groups is 1. The van der Waals surface area contributed by atoms with Gasteiger partial charge in [-0.2, -0.15) is 0 Å². The summed E-state index contributed by atoms with van der Waals surface area (Å²) in [7, 11) is 0. The molecule has 0 radical (unpaired) electrons. The molecule has 0 unspecified atom stereocenters. The zero-order valence-electron chi connectivity index (χ0n) is 13.7. The summed E-state index contributed by atoms with van der Waals surface area (Å²) in [5, 5.41) is 9.21. The lowest BCUT2D eigenvalue weighted by atomic mass is 9.88. The van der Waals surface area contributed by atoms with Crippen LogP contribution in [-0.2, 0) is 4.79 Å². The number of benzene rings is 2. The molecule has 3 heteroatoms. The highest BCUT2D eigenvalue weighted by atomic mass is 16.5. The molecule has 2 atom stereocenters. The van der Waals surface area contributed by atoms with Crippen molar-refractivity contribution < 1.29 is 14.6 Å². The van der Waals surface area contributed by atoms with E-state index in [1.165, 1.54) is 0 Å². The third-order valence-corrected chi connectivity index (χ3v) is 4.09. The molecule has 2 aromatic carbocycles. The van der Waals surface area contributed by atoms with Crippen LogP contribution in [0.4, 0.5) is 0 Å². The fraction of sp³-hybridized carbons (Fsp3) is 0.350. The molecule has 3 nitrogen and oxygen atoms in total. The van der Waals surface area contributed by atoms with Crippen molar-refractivity contribution in [3.63, 3.8) is 0 Å². The summed E-state index contributed by atoms with van der Waals surface area (Å²) < 4.78 is 5.76. The minimum Gasteiger partial charge on any atom is -0.493 e. The summed E-state index contributed by atoms with van der Waals surface area (Å²) in [6.07, 6.45) is 1.17. The van der Waals surface area contributed by atoms with Gasteiger partial charge in [-0.1, -0.05) is 62.7 Å². The molecule has 0 aliphatic carbocycles. The maximum Gasteiger partial charge on any atom is 0.304 e. The Balaban J connectivity index is 2.14. The fourth-order valence-electron chi connectivity index (χ4n) is 2.44. The largest absolute Gasteiger partial charge is 0.493 e. The van der Waals surface area contributed by atoms with Gasteiger partial charge in [-0.15, -0.1) is 0 Å². The average molecular weight is 312 g/mol. The van der Waals surface area contributed by atoms with E-state index in [4.69, 9.17) is 4.74 Å². The Hall–Kier alpha value is -2.29. The number of hydrogen-bond acceptors (Lipinski definition) is 2. The summed E-state index contributed by atoms with van der Waals surface area (Å²) in [5.74, 6) is 0.420. The Morgan fingerprint density at radius 2 is 1.65 bits per heavy atom. The highest BCUT2D eigenvalue weighted by molar-refractivity contribution is 5.69. The van der Waals surface area contributed by atoms with E-state index in [9.17, 15) is 9.90 Å². The molecule has 0 aromatic heterocycles. The summed E-state index contributed by atoms with van der Waals surface area (Å²) in [4.78, 5) is 11.2. The molecule has 0 fully saturated rings. The Bertz CT molecular complexity index is 605. The highest BCUT2D eigenvalue weighted by Crippen LogP contribution is 2.29. The monoisotopic (exact) mass is 312 g/mol. The minimum absolute atomic E-state index is 0.0804. The third kappa shape index (κ3) is 5.13. The zero-order chi connectivity index (χ0) is 16.7. The van der Waals surface area contributed by atoms with Crippen LogP contribution in [0.5, 0.6) is 5.75 Å². The zero-order valence-corrected chi connectivity index (χ0v) is 13.7. The molecule has 23 heavy (non-hydrogen) atoms. The van der Waals surface area contributed by atoms with Crippen LogP contribution in [0.1, 0.15) is 43.7 Å². The molecule has 0 amide bonds. The van der Waals surface area contributed by atoms with Gasteiger partial charge in [0.1, 0.15) is 5.75 Å². The van der Waals surface area contributed by atoms with Crippen molar-refractivity contribution in [1.82, 2.24) is 0 Å². The number of rotatable bonds is 8. The Kier molecular flexibility index (Phi) is 6.21. The van der Waals surface area contributed by atoms with Crippen molar-refractivity contribution in [3.8, 4) is 5.75 Å². The van der Waals surface area contributed by atoms with Gasteiger partial charge in [0.15, 0.2) is 0 Å². The smallest absolute Gasteiger partial charge is 0.304 e. The molecule has 0 aliphatic rings. The fourth-order valence-corrected chi connectivity index (χ4v) is 2.44. The topological polar surface area (TPSA) is 46.5 Å². The maximum atomic E-state index is 11.2. The predicted molar refractivity (Wildman–Crippen MR) is 91.9 cm³/mol. The first kappa shape index (κ1) is 17.1. The maximum absolute atomic E-state index is 11.2. The van der Waals surface area contributed by atoms with Gasteiger partial charge in [-0.3, -0.25) is 4.79 Å². The van der Waals surface area contributed by atoms with Crippen molar-refractivity contribution >= 4 is 5.97 Å². The minimum atomic E-state index is -0.795. The van der Waals surface area contributed by atoms with E-state index in [1.807, 2.05) is 54.6 Å². The molecule has 0 aliphatic heterocycles. The van der Waals surface area contributed by atoms with E-state index in [0.717, 1.165) is 23.3 Å². The molecule has 0 heterocycles. The van der Waals surface area contributed by atoms with Gasteiger partial charge < -0.3 is 9.84 Å². The first-order valence-corrected chi connectivity index (χ1v) is 8.09. The van der Waals surface area contributed by atoms with Crippen LogP contribution in [0.15, 0.2) is 54.6 Å². The van der Waals surface area contributed by atoms with Crippen LogP contribution in [0, 0.1) is 5.92 Å². The Labute approximate surface area is 137 Å². The Morgan fingerprint density at radius 3 is 2.22 bits per heavy atom. The summed E-state index contributed by atoms with van der Waals surface area (Å²) in [5.41, 5.74) is 2.01. The lowest BCUT2D eigenvalue weighted by Gasteiger charge is -2.17. The van der Waals surface area contributed by atoms with Crippen LogP contribution in [0.25, 0.3) is 0 Å². The van der Waals surface area contributed by atoms with E-state index in [2.05, 4.69) is 13.8 Å². The number of ether oxygens (including phenoxy) is 1.